The van der Waals surface area contributed by atoms with Crippen LogP contribution in [0.4, 0.5) is 0 Å². The fourth-order valence-corrected chi connectivity index (χ4v) is 2.98. The Balaban J connectivity index is 1.90. The largest absolute Gasteiger partial charge is 0.304 e. The third-order valence-corrected chi connectivity index (χ3v) is 4.20. The number of benzene rings is 1. The van der Waals surface area contributed by atoms with Crippen LogP contribution in [-0.2, 0) is 6.54 Å². The second kappa shape index (κ2) is 5.68. The number of halogens is 1. The van der Waals surface area contributed by atoms with Crippen LogP contribution < -0.4 is 0 Å². The van der Waals surface area contributed by atoms with Gasteiger partial charge in [-0.05, 0) is 37.2 Å². The summed E-state index contributed by atoms with van der Waals surface area (Å²) in [6, 6.07) is 8.43. The zero-order valence-corrected chi connectivity index (χ0v) is 12.8. The number of rotatable bonds is 2. The van der Waals surface area contributed by atoms with Crippen LogP contribution in [0.15, 0.2) is 24.3 Å². The monoisotopic (exact) mass is 289 g/mol. The average molecular weight is 290 g/mol. The molecular formula is C16H20ClN3. The number of fused-ring (bicyclic) bond motifs is 1. The normalized spacial score (nSPS) is 17.8. The summed E-state index contributed by atoms with van der Waals surface area (Å²) in [5.41, 5.74) is 3.50. The van der Waals surface area contributed by atoms with E-state index < -0.39 is 0 Å². The third-order valence-electron chi connectivity index (χ3n) is 4.01. The van der Waals surface area contributed by atoms with Gasteiger partial charge in [0, 0.05) is 38.1 Å². The van der Waals surface area contributed by atoms with E-state index in [0.717, 1.165) is 38.2 Å². The van der Waals surface area contributed by atoms with Gasteiger partial charge < -0.3 is 4.90 Å². The molecule has 0 amide bonds. The first-order valence-corrected chi connectivity index (χ1v) is 7.46. The summed E-state index contributed by atoms with van der Waals surface area (Å²) < 4.78 is 0. The fraction of sp³-hybridized carbons (Fsp3) is 0.438. The molecule has 106 valence electrons. The summed E-state index contributed by atoms with van der Waals surface area (Å²) in [6.07, 6.45) is 0. The first-order chi connectivity index (χ1) is 9.61. The molecule has 0 atom stereocenters. The topological polar surface area (TPSA) is 19.4 Å². The Morgan fingerprint density at radius 3 is 2.65 bits per heavy atom. The Morgan fingerprint density at radius 2 is 1.90 bits per heavy atom. The van der Waals surface area contributed by atoms with Gasteiger partial charge in [0.05, 0.1) is 5.52 Å². The fourth-order valence-electron chi connectivity index (χ4n) is 2.75. The van der Waals surface area contributed by atoms with Crippen LogP contribution in [0.1, 0.15) is 11.1 Å². The molecule has 0 bridgehead atoms. The molecule has 1 aromatic carbocycles. The molecule has 0 radical (unpaired) electrons. The molecule has 4 heteroatoms. The van der Waals surface area contributed by atoms with Crippen molar-refractivity contribution in [2.45, 2.75) is 13.5 Å². The molecule has 0 spiro atoms. The molecular weight excluding hydrogens is 270 g/mol. The van der Waals surface area contributed by atoms with Crippen LogP contribution >= 0.6 is 11.6 Å². The van der Waals surface area contributed by atoms with Gasteiger partial charge in [-0.25, -0.2) is 4.98 Å². The van der Waals surface area contributed by atoms with E-state index in [2.05, 4.69) is 47.0 Å². The van der Waals surface area contributed by atoms with Gasteiger partial charge in [0.2, 0.25) is 0 Å². The predicted molar refractivity (Wildman–Crippen MR) is 84.3 cm³/mol. The number of aryl methyl sites for hydroxylation is 1. The van der Waals surface area contributed by atoms with Gasteiger partial charge in [0.25, 0.3) is 0 Å². The number of piperazine rings is 1. The maximum atomic E-state index is 6.18. The van der Waals surface area contributed by atoms with Crippen LogP contribution in [0, 0.1) is 6.92 Å². The molecule has 1 aliphatic heterocycles. The maximum absolute atomic E-state index is 6.18. The Labute approximate surface area is 125 Å². The van der Waals surface area contributed by atoms with E-state index >= 15 is 0 Å². The van der Waals surface area contributed by atoms with Crippen LogP contribution in [0.25, 0.3) is 10.9 Å². The highest BCUT2D eigenvalue weighted by Crippen LogP contribution is 2.23. The standard InChI is InChI=1S/C16H20ClN3/c1-12-3-4-14-13(10-16(17)18-15(14)9-12)11-20-7-5-19(2)6-8-20/h3-4,9-10H,5-8,11H2,1-2H3. The molecule has 2 heterocycles. The average Bonchev–Trinajstić information content (AvgIpc) is 2.40. The number of likely N-dealkylation sites (N-methyl/N-ethyl adjacent to an activating group) is 1. The number of aromatic nitrogens is 1. The van der Waals surface area contributed by atoms with Crippen molar-refractivity contribution in [3.05, 3.63) is 40.5 Å². The minimum Gasteiger partial charge on any atom is -0.304 e. The van der Waals surface area contributed by atoms with Gasteiger partial charge in [-0.1, -0.05) is 23.7 Å². The summed E-state index contributed by atoms with van der Waals surface area (Å²) in [5, 5.41) is 1.81. The molecule has 0 unspecified atom stereocenters. The highest BCUT2D eigenvalue weighted by molar-refractivity contribution is 6.29. The molecule has 1 saturated heterocycles. The van der Waals surface area contributed by atoms with E-state index in [0.29, 0.717) is 5.15 Å². The van der Waals surface area contributed by atoms with E-state index in [1.165, 1.54) is 16.5 Å². The summed E-state index contributed by atoms with van der Waals surface area (Å²) in [4.78, 5) is 9.30. The van der Waals surface area contributed by atoms with Crippen molar-refractivity contribution in [2.75, 3.05) is 33.2 Å². The van der Waals surface area contributed by atoms with Crippen molar-refractivity contribution in [2.24, 2.45) is 0 Å². The first kappa shape index (κ1) is 13.8. The zero-order chi connectivity index (χ0) is 14.1. The molecule has 2 aromatic rings. The molecule has 1 aromatic heterocycles. The molecule has 0 aliphatic carbocycles. The van der Waals surface area contributed by atoms with E-state index in [1.54, 1.807) is 0 Å². The van der Waals surface area contributed by atoms with Crippen molar-refractivity contribution >= 4 is 22.5 Å². The second-order valence-electron chi connectivity index (χ2n) is 5.70. The molecule has 3 nitrogen and oxygen atoms in total. The van der Waals surface area contributed by atoms with Gasteiger partial charge in [-0.3, -0.25) is 4.90 Å². The van der Waals surface area contributed by atoms with Crippen LogP contribution in [0.3, 0.4) is 0 Å². The molecule has 0 saturated carbocycles. The van der Waals surface area contributed by atoms with Gasteiger partial charge in [0.15, 0.2) is 0 Å². The van der Waals surface area contributed by atoms with Gasteiger partial charge in [-0.15, -0.1) is 0 Å². The number of hydrogen-bond donors (Lipinski definition) is 0. The first-order valence-electron chi connectivity index (χ1n) is 7.08. The Bertz CT molecular complexity index is 613. The van der Waals surface area contributed by atoms with E-state index in [1.807, 2.05) is 6.07 Å². The number of nitrogens with zero attached hydrogens (tertiary/aromatic N) is 3. The minimum atomic E-state index is 0.590. The number of hydrogen-bond acceptors (Lipinski definition) is 3. The maximum Gasteiger partial charge on any atom is 0.130 e. The van der Waals surface area contributed by atoms with E-state index in [-0.39, 0.29) is 0 Å². The van der Waals surface area contributed by atoms with Gasteiger partial charge in [0.1, 0.15) is 5.15 Å². The molecule has 3 rings (SSSR count). The van der Waals surface area contributed by atoms with Crippen molar-refractivity contribution in [1.82, 2.24) is 14.8 Å². The molecule has 0 N–H and O–H groups in total. The summed E-state index contributed by atoms with van der Waals surface area (Å²) in [5.74, 6) is 0. The number of pyridine rings is 1. The smallest absolute Gasteiger partial charge is 0.130 e. The lowest BCUT2D eigenvalue weighted by atomic mass is 10.1. The lowest BCUT2D eigenvalue weighted by Crippen LogP contribution is -2.43. The zero-order valence-electron chi connectivity index (χ0n) is 12.1. The minimum absolute atomic E-state index is 0.590. The van der Waals surface area contributed by atoms with Crippen molar-refractivity contribution in [3.63, 3.8) is 0 Å². The Kier molecular flexibility index (Phi) is 3.92. The van der Waals surface area contributed by atoms with Crippen molar-refractivity contribution < 1.29 is 0 Å². The van der Waals surface area contributed by atoms with E-state index in [4.69, 9.17) is 11.6 Å². The Morgan fingerprint density at radius 1 is 1.15 bits per heavy atom. The summed E-state index contributed by atoms with van der Waals surface area (Å²) in [6.45, 7) is 7.54. The highest BCUT2D eigenvalue weighted by Gasteiger charge is 2.15. The van der Waals surface area contributed by atoms with Crippen LogP contribution in [0.2, 0.25) is 5.15 Å². The Hall–Kier alpha value is -1.16. The quantitative estimate of drug-likeness (QED) is 0.793. The van der Waals surface area contributed by atoms with Crippen molar-refractivity contribution in [3.8, 4) is 0 Å². The van der Waals surface area contributed by atoms with Crippen molar-refractivity contribution in [1.29, 1.82) is 0 Å². The molecule has 1 aliphatic rings. The second-order valence-corrected chi connectivity index (χ2v) is 6.09. The summed E-state index contributed by atoms with van der Waals surface area (Å²) >= 11 is 6.18. The van der Waals surface area contributed by atoms with Crippen LogP contribution in [0.5, 0.6) is 0 Å². The SMILES string of the molecule is Cc1ccc2c(CN3CCN(C)CC3)cc(Cl)nc2c1. The lowest BCUT2D eigenvalue weighted by molar-refractivity contribution is 0.148. The lowest BCUT2D eigenvalue weighted by Gasteiger charge is -2.32. The van der Waals surface area contributed by atoms with E-state index in [9.17, 15) is 0 Å². The van der Waals surface area contributed by atoms with Crippen LogP contribution in [-0.4, -0.2) is 48.0 Å². The predicted octanol–water partition coefficient (Wildman–Crippen LogP) is 2.94. The molecule has 1 fully saturated rings. The third kappa shape index (κ3) is 2.95. The van der Waals surface area contributed by atoms with Gasteiger partial charge >= 0.3 is 0 Å². The molecule has 20 heavy (non-hydrogen) atoms. The summed E-state index contributed by atoms with van der Waals surface area (Å²) in [7, 11) is 2.18. The highest BCUT2D eigenvalue weighted by atomic mass is 35.5. The van der Waals surface area contributed by atoms with Gasteiger partial charge in [-0.2, -0.15) is 0 Å².